The van der Waals surface area contributed by atoms with Crippen molar-refractivity contribution < 1.29 is 19.8 Å². The summed E-state index contributed by atoms with van der Waals surface area (Å²) in [5, 5.41) is 21.0. The highest BCUT2D eigenvalue weighted by Crippen LogP contribution is 2.37. The molecule has 124 valence electrons. The molecule has 0 radical (unpaired) electrons. The number of carbonyl (C=O) groups is 2. The van der Waals surface area contributed by atoms with Crippen LogP contribution < -0.4 is 5.32 Å². The summed E-state index contributed by atoms with van der Waals surface area (Å²) in [6, 6.07) is 13.5. The van der Waals surface area contributed by atoms with Gasteiger partial charge in [-0.15, -0.1) is 0 Å². The summed E-state index contributed by atoms with van der Waals surface area (Å²) >= 11 is 0. The Kier molecular flexibility index (Phi) is 4.62. The van der Waals surface area contributed by atoms with Crippen LogP contribution in [0.5, 0.6) is 0 Å². The van der Waals surface area contributed by atoms with Crippen LogP contribution in [0.3, 0.4) is 0 Å². The third kappa shape index (κ3) is 3.31. The summed E-state index contributed by atoms with van der Waals surface area (Å²) in [6.45, 7) is 0.410. The molecule has 0 heterocycles. The van der Waals surface area contributed by atoms with Crippen molar-refractivity contribution in [1.82, 2.24) is 5.32 Å². The van der Waals surface area contributed by atoms with Crippen LogP contribution in [0.1, 0.15) is 29.5 Å². The Morgan fingerprint density at radius 3 is 2.54 bits per heavy atom. The predicted molar refractivity (Wildman–Crippen MR) is 89.8 cm³/mol. The number of carboxylic acid groups (broad SMARTS) is 2. The molecule has 1 aliphatic rings. The molecular weight excluding hydrogens is 306 g/mol. The monoisotopic (exact) mass is 325 g/mol. The van der Waals surface area contributed by atoms with E-state index in [1.165, 1.54) is 22.3 Å². The van der Waals surface area contributed by atoms with Gasteiger partial charge in [-0.3, -0.25) is 9.59 Å². The number of fused-ring (bicyclic) bond motifs is 3. The topological polar surface area (TPSA) is 86.6 Å². The van der Waals surface area contributed by atoms with Crippen molar-refractivity contribution in [2.45, 2.75) is 31.8 Å². The number of carboxylic acids is 2. The summed E-state index contributed by atoms with van der Waals surface area (Å²) < 4.78 is 0. The Bertz CT molecular complexity index is 785. The highest BCUT2D eigenvalue weighted by Gasteiger charge is 2.22. The molecule has 3 rings (SSSR count). The molecule has 2 aromatic rings. The normalized spacial score (nSPS) is 13.2. The van der Waals surface area contributed by atoms with E-state index < -0.39 is 18.0 Å². The molecule has 0 aromatic heterocycles. The van der Waals surface area contributed by atoms with Crippen molar-refractivity contribution in [3.63, 3.8) is 0 Å². The van der Waals surface area contributed by atoms with E-state index in [1.807, 2.05) is 24.3 Å². The van der Waals surface area contributed by atoms with E-state index in [0.717, 1.165) is 12.0 Å². The second-order valence-electron chi connectivity index (χ2n) is 5.98. The average Bonchev–Trinajstić information content (AvgIpc) is 2.93. The minimum Gasteiger partial charge on any atom is -0.481 e. The van der Waals surface area contributed by atoms with Crippen molar-refractivity contribution in [2.24, 2.45) is 0 Å². The molecular formula is C19H19NO4. The lowest BCUT2D eigenvalue weighted by atomic mass is 10.0. The standard InChI is InChI=1S/C19H19NO4/c21-18(22)9-8-17(19(23)24)20-11-13-5-3-7-15-14-6-2-1-4-12(14)10-16(13)15/h1-7,17,20H,8-11H2,(H,21,22)(H,23,24)/t17-/m0/s1. The second-order valence-corrected chi connectivity index (χ2v) is 5.98. The summed E-state index contributed by atoms with van der Waals surface area (Å²) in [4.78, 5) is 21.9. The van der Waals surface area contributed by atoms with Gasteiger partial charge in [-0.1, -0.05) is 42.5 Å². The van der Waals surface area contributed by atoms with E-state index in [9.17, 15) is 14.7 Å². The third-order valence-electron chi connectivity index (χ3n) is 4.43. The van der Waals surface area contributed by atoms with Gasteiger partial charge in [0.15, 0.2) is 0 Å². The highest BCUT2D eigenvalue weighted by atomic mass is 16.4. The van der Waals surface area contributed by atoms with Gasteiger partial charge in [0.2, 0.25) is 0 Å². The minimum atomic E-state index is -1.02. The van der Waals surface area contributed by atoms with E-state index in [1.54, 1.807) is 0 Å². The van der Waals surface area contributed by atoms with Gasteiger partial charge in [0.05, 0.1) is 0 Å². The molecule has 24 heavy (non-hydrogen) atoms. The lowest BCUT2D eigenvalue weighted by Gasteiger charge is -2.15. The van der Waals surface area contributed by atoms with Crippen LogP contribution in [0, 0.1) is 0 Å². The summed E-state index contributed by atoms with van der Waals surface area (Å²) in [5.74, 6) is -2.01. The fourth-order valence-electron chi connectivity index (χ4n) is 3.20. The van der Waals surface area contributed by atoms with E-state index in [4.69, 9.17) is 5.11 Å². The zero-order valence-corrected chi connectivity index (χ0v) is 13.2. The van der Waals surface area contributed by atoms with Crippen LogP contribution in [0.4, 0.5) is 0 Å². The Balaban J connectivity index is 1.75. The Hall–Kier alpha value is -2.66. The molecule has 1 atom stereocenters. The molecule has 0 saturated heterocycles. The first-order valence-corrected chi connectivity index (χ1v) is 7.93. The maximum absolute atomic E-state index is 11.3. The van der Waals surface area contributed by atoms with Gasteiger partial charge in [0.25, 0.3) is 0 Å². The number of hydrogen-bond donors (Lipinski definition) is 3. The SMILES string of the molecule is O=C(O)CC[C@H](NCc1cccc2c1Cc1ccccc1-2)C(=O)O. The molecule has 0 aliphatic heterocycles. The van der Waals surface area contributed by atoms with Gasteiger partial charge < -0.3 is 15.5 Å². The van der Waals surface area contributed by atoms with Gasteiger partial charge in [-0.05, 0) is 40.7 Å². The Morgan fingerprint density at radius 2 is 1.79 bits per heavy atom. The van der Waals surface area contributed by atoms with E-state index in [-0.39, 0.29) is 12.8 Å². The maximum Gasteiger partial charge on any atom is 0.320 e. The maximum atomic E-state index is 11.3. The second kappa shape index (κ2) is 6.84. The Morgan fingerprint density at radius 1 is 1.04 bits per heavy atom. The van der Waals surface area contributed by atoms with Crippen LogP contribution in [0.15, 0.2) is 42.5 Å². The molecule has 2 aromatic carbocycles. The molecule has 5 nitrogen and oxygen atoms in total. The zero-order chi connectivity index (χ0) is 17.1. The molecule has 1 aliphatic carbocycles. The molecule has 3 N–H and O–H groups in total. The number of nitrogens with one attached hydrogen (secondary N) is 1. The quantitative estimate of drug-likeness (QED) is 0.622. The van der Waals surface area contributed by atoms with Gasteiger partial charge >= 0.3 is 11.9 Å². The predicted octanol–water partition coefficient (Wildman–Crippen LogP) is 2.67. The number of aliphatic carboxylic acids is 2. The summed E-state index contributed by atoms with van der Waals surface area (Å²) in [5.41, 5.74) is 5.98. The fraction of sp³-hybridized carbons (Fsp3) is 0.263. The van der Waals surface area contributed by atoms with Gasteiger partial charge in [-0.25, -0.2) is 0 Å². The lowest BCUT2D eigenvalue weighted by molar-refractivity contribution is -0.140. The summed E-state index contributed by atoms with van der Waals surface area (Å²) in [7, 11) is 0. The molecule has 0 fully saturated rings. The third-order valence-corrected chi connectivity index (χ3v) is 4.43. The van der Waals surface area contributed by atoms with E-state index in [0.29, 0.717) is 6.54 Å². The molecule has 5 heteroatoms. The number of hydrogen-bond acceptors (Lipinski definition) is 3. The number of benzene rings is 2. The molecule has 0 spiro atoms. The van der Waals surface area contributed by atoms with E-state index in [2.05, 4.69) is 23.5 Å². The van der Waals surface area contributed by atoms with Crippen molar-refractivity contribution in [3.05, 3.63) is 59.2 Å². The molecule has 0 unspecified atom stereocenters. The van der Waals surface area contributed by atoms with Gasteiger partial charge in [-0.2, -0.15) is 0 Å². The molecule has 0 saturated carbocycles. The minimum absolute atomic E-state index is 0.0694. The van der Waals surface area contributed by atoms with Crippen LogP contribution >= 0.6 is 0 Å². The number of rotatable bonds is 7. The first-order valence-electron chi connectivity index (χ1n) is 7.93. The van der Waals surface area contributed by atoms with Crippen molar-refractivity contribution >= 4 is 11.9 Å². The van der Waals surface area contributed by atoms with Crippen LogP contribution in [-0.4, -0.2) is 28.2 Å². The van der Waals surface area contributed by atoms with Gasteiger partial charge in [0.1, 0.15) is 6.04 Å². The van der Waals surface area contributed by atoms with Crippen molar-refractivity contribution in [1.29, 1.82) is 0 Å². The largest absolute Gasteiger partial charge is 0.481 e. The van der Waals surface area contributed by atoms with Crippen LogP contribution in [-0.2, 0) is 22.6 Å². The fourth-order valence-corrected chi connectivity index (χ4v) is 3.20. The Labute approximate surface area is 139 Å². The van der Waals surface area contributed by atoms with Crippen molar-refractivity contribution in [3.8, 4) is 11.1 Å². The average molecular weight is 325 g/mol. The van der Waals surface area contributed by atoms with Crippen LogP contribution in [0.25, 0.3) is 11.1 Å². The first-order chi connectivity index (χ1) is 11.6. The first kappa shape index (κ1) is 16.2. The van der Waals surface area contributed by atoms with Crippen molar-refractivity contribution in [2.75, 3.05) is 0 Å². The zero-order valence-electron chi connectivity index (χ0n) is 13.2. The molecule has 0 bridgehead atoms. The highest BCUT2D eigenvalue weighted by molar-refractivity contribution is 5.78. The molecule has 0 amide bonds. The lowest BCUT2D eigenvalue weighted by Crippen LogP contribution is -2.36. The smallest absolute Gasteiger partial charge is 0.320 e. The van der Waals surface area contributed by atoms with Gasteiger partial charge in [0, 0.05) is 13.0 Å². The van der Waals surface area contributed by atoms with Crippen LogP contribution in [0.2, 0.25) is 0 Å². The van der Waals surface area contributed by atoms with E-state index >= 15 is 0 Å². The summed E-state index contributed by atoms with van der Waals surface area (Å²) in [6.07, 6.45) is 0.748.